The summed E-state index contributed by atoms with van der Waals surface area (Å²) < 4.78 is 6.23. The summed E-state index contributed by atoms with van der Waals surface area (Å²) in [5.74, 6) is -0.245. The van der Waals surface area contributed by atoms with Gasteiger partial charge >= 0.3 is 5.97 Å². The highest BCUT2D eigenvalue weighted by Gasteiger charge is 2.17. The van der Waals surface area contributed by atoms with Gasteiger partial charge in [0.2, 0.25) is 0 Å². The third-order valence-electron chi connectivity index (χ3n) is 2.29. The lowest BCUT2D eigenvalue weighted by Crippen LogP contribution is -2.24. The highest BCUT2D eigenvalue weighted by atomic mass is 79.9. The Balaban J connectivity index is 2.18. The summed E-state index contributed by atoms with van der Waals surface area (Å²) in [6.07, 6.45) is 1.93. The van der Waals surface area contributed by atoms with Gasteiger partial charge in [-0.15, -0.1) is 0 Å². The maximum atomic E-state index is 11.7. The van der Waals surface area contributed by atoms with Crippen LogP contribution >= 0.6 is 15.9 Å². The molecular weight excluding hydrogens is 296 g/mol. The monoisotopic (exact) mass is 310 g/mol. The Hall–Kier alpha value is -1.36. The van der Waals surface area contributed by atoms with Crippen LogP contribution in [-0.4, -0.2) is 21.5 Å². The first kappa shape index (κ1) is 13.1. The number of nitrogens with one attached hydrogen (secondary N) is 1. The van der Waals surface area contributed by atoms with Crippen molar-refractivity contribution in [3.63, 3.8) is 0 Å². The standard InChI is InChI=1S/C13H15BrN2O2/c1-13(2,3)18-11(17)7-8-6-9-10(14)4-5-15-12(9)16-8/h4-6H,7H2,1-3H3,(H,15,16). The molecule has 2 rings (SSSR count). The molecule has 0 bridgehead atoms. The molecule has 0 saturated carbocycles. The molecule has 1 N–H and O–H groups in total. The van der Waals surface area contributed by atoms with Crippen molar-refractivity contribution in [3.05, 3.63) is 28.5 Å². The second-order valence-electron chi connectivity index (χ2n) is 5.11. The van der Waals surface area contributed by atoms with Crippen molar-refractivity contribution in [2.24, 2.45) is 0 Å². The lowest BCUT2D eigenvalue weighted by atomic mass is 10.2. The number of hydrogen-bond acceptors (Lipinski definition) is 3. The number of aromatic nitrogens is 2. The Morgan fingerprint density at radius 1 is 1.50 bits per heavy atom. The number of carbonyl (C=O) groups excluding carboxylic acids is 1. The molecule has 18 heavy (non-hydrogen) atoms. The Kier molecular flexibility index (Phi) is 3.43. The van der Waals surface area contributed by atoms with E-state index in [2.05, 4.69) is 25.9 Å². The number of carbonyl (C=O) groups is 1. The summed E-state index contributed by atoms with van der Waals surface area (Å²) in [6.45, 7) is 5.57. The van der Waals surface area contributed by atoms with E-state index >= 15 is 0 Å². The van der Waals surface area contributed by atoms with Gasteiger partial charge in [-0.1, -0.05) is 0 Å². The number of pyridine rings is 1. The van der Waals surface area contributed by atoms with Crippen LogP contribution in [0.15, 0.2) is 22.8 Å². The summed E-state index contributed by atoms with van der Waals surface area (Å²) in [5.41, 5.74) is 1.11. The molecule has 0 aliphatic carbocycles. The van der Waals surface area contributed by atoms with Gasteiger partial charge in [-0.25, -0.2) is 4.98 Å². The average Bonchev–Trinajstić information content (AvgIpc) is 2.58. The fourth-order valence-electron chi connectivity index (χ4n) is 1.68. The Morgan fingerprint density at radius 2 is 2.22 bits per heavy atom. The number of esters is 1. The number of rotatable bonds is 2. The van der Waals surface area contributed by atoms with Crippen LogP contribution in [0.1, 0.15) is 26.5 Å². The summed E-state index contributed by atoms with van der Waals surface area (Å²) >= 11 is 3.45. The van der Waals surface area contributed by atoms with Crippen LogP contribution in [0.2, 0.25) is 0 Å². The van der Waals surface area contributed by atoms with E-state index in [0.717, 1.165) is 21.2 Å². The van der Waals surface area contributed by atoms with Gasteiger partial charge in [0.15, 0.2) is 0 Å². The van der Waals surface area contributed by atoms with Gasteiger partial charge < -0.3 is 9.72 Å². The predicted octanol–water partition coefficient (Wildman–Crippen LogP) is 3.21. The first-order chi connectivity index (χ1) is 8.35. The summed E-state index contributed by atoms with van der Waals surface area (Å²) in [5, 5.41) is 0.969. The quantitative estimate of drug-likeness (QED) is 0.867. The highest BCUT2D eigenvalue weighted by molar-refractivity contribution is 9.10. The van der Waals surface area contributed by atoms with Gasteiger partial charge in [0.25, 0.3) is 0 Å². The fraction of sp³-hybridized carbons (Fsp3) is 0.385. The van der Waals surface area contributed by atoms with E-state index in [1.807, 2.05) is 32.9 Å². The molecule has 0 aliphatic rings. The maximum Gasteiger partial charge on any atom is 0.312 e. The molecule has 0 aromatic carbocycles. The molecule has 0 aliphatic heterocycles. The number of aromatic amines is 1. The minimum absolute atomic E-state index is 0.222. The van der Waals surface area contributed by atoms with Crippen molar-refractivity contribution in [3.8, 4) is 0 Å². The fourth-order valence-corrected chi connectivity index (χ4v) is 2.10. The molecule has 2 aromatic rings. The lowest BCUT2D eigenvalue weighted by molar-refractivity contribution is -0.153. The molecule has 4 nitrogen and oxygen atoms in total. The van der Waals surface area contributed by atoms with E-state index < -0.39 is 5.60 Å². The zero-order valence-corrected chi connectivity index (χ0v) is 12.2. The zero-order valence-electron chi connectivity index (χ0n) is 10.6. The van der Waals surface area contributed by atoms with Gasteiger partial charge in [0.1, 0.15) is 11.2 Å². The third kappa shape index (κ3) is 3.10. The van der Waals surface area contributed by atoms with Crippen molar-refractivity contribution in [2.75, 3.05) is 0 Å². The Morgan fingerprint density at radius 3 is 2.83 bits per heavy atom. The van der Waals surface area contributed by atoms with Gasteiger partial charge in [0, 0.05) is 21.7 Å². The van der Waals surface area contributed by atoms with Crippen molar-refractivity contribution >= 4 is 32.9 Å². The molecule has 0 amide bonds. The molecule has 96 valence electrons. The van der Waals surface area contributed by atoms with E-state index in [4.69, 9.17) is 4.74 Å². The van der Waals surface area contributed by atoms with Crippen molar-refractivity contribution in [1.29, 1.82) is 0 Å². The van der Waals surface area contributed by atoms with Crippen LogP contribution in [0.25, 0.3) is 11.0 Å². The third-order valence-corrected chi connectivity index (χ3v) is 2.98. The first-order valence-electron chi connectivity index (χ1n) is 5.69. The largest absolute Gasteiger partial charge is 0.460 e. The van der Waals surface area contributed by atoms with E-state index in [9.17, 15) is 4.79 Å². The van der Waals surface area contributed by atoms with Gasteiger partial charge in [-0.3, -0.25) is 4.79 Å². The maximum absolute atomic E-state index is 11.7. The summed E-state index contributed by atoms with van der Waals surface area (Å²) in [7, 11) is 0. The summed E-state index contributed by atoms with van der Waals surface area (Å²) in [4.78, 5) is 19.0. The first-order valence-corrected chi connectivity index (χ1v) is 6.48. The normalized spacial score (nSPS) is 11.8. The van der Waals surface area contributed by atoms with Crippen LogP contribution in [0.5, 0.6) is 0 Å². The number of halogens is 1. The van der Waals surface area contributed by atoms with Crippen LogP contribution in [-0.2, 0) is 16.0 Å². The van der Waals surface area contributed by atoms with E-state index in [0.29, 0.717) is 0 Å². The van der Waals surface area contributed by atoms with Crippen LogP contribution in [0.3, 0.4) is 0 Å². The number of fused-ring (bicyclic) bond motifs is 1. The van der Waals surface area contributed by atoms with E-state index in [-0.39, 0.29) is 12.4 Å². The molecule has 5 heteroatoms. The summed E-state index contributed by atoms with van der Waals surface area (Å²) in [6, 6.07) is 3.78. The molecule has 0 unspecified atom stereocenters. The smallest absolute Gasteiger partial charge is 0.312 e. The average molecular weight is 311 g/mol. The molecule has 2 heterocycles. The minimum atomic E-state index is -0.456. The molecule has 2 aromatic heterocycles. The topological polar surface area (TPSA) is 55.0 Å². The molecule has 0 saturated heterocycles. The second kappa shape index (κ2) is 4.72. The van der Waals surface area contributed by atoms with Gasteiger partial charge in [0.05, 0.1) is 6.42 Å². The highest BCUT2D eigenvalue weighted by Crippen LogP contribution is 2.23. The van der Waals surface area contributed by atoms with E-state index in [1.54, 1.807) is 6.20 Å². The van der Waals surface area contributed by atoms with Gasteiger partial charge in [-0.05, 0) is 48.8 Å². The second-order valence-corrected chi connectivity index (χ2v) is 5.97. The minimum Gasteiger partial charge on any atom is -0.460 e. The molecular formula is C13H15BrN2O2. The van der Waals surface area contributed by atoms with Crippen molar-refractivity contribution in [2.45, 2.75) is 32.8 Å². The number of hydrogen-bond donors (Lipinski definition) is 1. The van der Waals surface area contributed by atoms with Gasteiger partial charge in [-0.2, -0.15) is 0 Å². The number of ether oxygens (including phenoxy) is 1. The van der Waals surface area contributed by atoms with Crippen LogP contribution in [0.4, 0.5) is 0 Å². The molecule has 0 atom stereocenters. The molecule has 0 radical (unpaired) electrons. The molecule has 0 spiro atoms. The SMILES string of the molecule is CC(C)(C)OC(=O)Cc1cc2c(Br)ccnc2[nH]1. The number of H-pyrrole nitrogens is 1. The Labute approximate surface area is 114 Å². The van der Waals surface area contributed by atoms with E-state index in [1.165, 1.54) is 0 Å². The van der Waals surface area contributed by atoms with Crippen molar-refractivity contribution < 1.29 is 9.53 Å². The molecule has 0 fully saturated rings. The Bertz CT molecular complexity index is 584. The van der Waals surface area contributed by atoms with Crippen molar-refractivity contribution in [1.82, 2.24) is 9.97 Å². The lowest BCUT2D eigenvalue weighted by Gasteiger charge is -2.19. The zero-order chi connectivity index (χ0) is 13.3. The predicted molar refractivity (Wildman–Crippen MR) is 73.3 cm³/mol. The van der Waals surface area contributed by atoms with Crippen LogP contribution in [0, 0.1) is 0 Å². The van der Waals surface area contributed by atoms with Crippen LogP contribution < -0.4 is 0 Å². The number of nitrogens with zero attached hydrogens (tertiary/aromatic N) is 1.